The van der Waals surface area contributed by atoms with Crippen LogP contribution in [0.4, 0.5) is 0 Å². The molecule has 0 saturated carbocycles. The summed E-state index contributed by atoms with van der Waals surface area (Å²) in [6.45, 7) is 9.69. The van der Waals surface area contributed by atoms with Crippen molar-refractivity contribution in [2.75, 3.05) is 6.54 Å². The zero-order chi connectivity index (χ0) is 14.5. The fourth-order valence-electron chi connectivity index (χ4n) is 2.57. The first kappa shape index (κ1) is 14.8. The van der Waals surface area contributed by atoms with Crippen molar-refractivity contribution in [3.63, 3.8) is 0 Å². The Morgan fingerprint density at radius 2 is 1.65 bits per heavy atom. The first-order chi connectivity index (χ1) is 9.65. The quantitative estimate of drug-likeness (QED) is 0.837. The van der Waals surface area contributed by atoms with E-state index in [-0.39, 0.29) is 6.04 Å². The van der Waals surface area contributed by atoms with E-state index in [0.29, 0.717) is 0 Å². The summed E-state index contributed by atoms with van der Waals surface area (Å²) >= 11 is 0. The SMILES string of the molecule is CCNC(c1cccc(CC)c1)c1ccc(C)c(C)c1. The molecule has 1 N–H and O–H groups in total. The minimum atomic E-state index is 0.283. The first-order valence-electron chi connectivity index (χ1n) is 7.55. The summed E-state index contributed by atoms with van der Waals surface area (Å²) in [5.41, 5.74) is 6.82. The van der Waals surface area contributed by atoms with Crippen molar-refractivity contribution in [2.24, 2.45) is 0 Å². The summed E-state index contributed by atoms with van der Waals surface area (Å²) < 4.78 is 0. The molecule has 0 heterocycles. The summed E-state index contributed by atoms with van der Waals surface area (Å²) in [4.78, 5) is 0. The monoisotopic (exact) mass is 267 g/mol. The number of aryl methyl sites for hydroxylation is 3. The second-order valence-electron chi connectivity index (χ2n) is 5.43. The lowest BCUT2D eigenvalue weighted by atomic mass is 9.94. The fourth-order valence-corrected chi connectivity index (χ4v) is 2.57. The fraction of sp³-hybridized carbons (Fsp3) is 0.368. The molecule has 1 atom stereocenters. The van der Waals surface area contributed by atoms with Crippen LogP contribution in [-0.2, 0) is 6.42 Å². The van der Waals surface area contributed by atoms with Crippen molar-refractivity contribution >= 4 is 0 Å². The maximum absolute atomic E-state index is 3.61. The van der Waals surface area contributed by atoms with Gasteiger partial charge in [0.15, 0.2) is 0 Å². The molecule has 1 unspecified atom stereocenters. The van der Waals surface area contributed by atoms with Crippen LogP contribution in [0.3, 0.4) is 0 Å². The van der Waals surface area contributed by atoms with Gasteiger partial charge in [-0.3, -0.25) is 0 Å². The van der Waals surface area contributed by atoms with Gasteiger partial charge in [0, 0.05) is 0 Å². The summed E-state index contributed by atoms with van der Waals surface area (Å²) in [6, 6.07) is 16.0. The molecule has 0 aromatic heterocycles. The minimum Gasteiger partial charge on any atom is -0.307 e. The van der Waals surface area contributed by atoms with Gasteiger partial charge in [-0.15, -0.1) is 0 Å². The Morgan fingerprint density at radius 3 is 2.30 bits per heavy atom. The standard InChI is InChI=1S/C19H25N/c1-5-16-8-7-9-17(13-16)19(20-6-2)18-11-10-14(3)15(4)12-18/h7-13,19-20H,5-6H2,1-4H3. The first-order valence-corrected chi connectivity index (χ1v) is 7.55. The van der Waals surface area contributed by atoms with Crippen LogP contribution in [0.1, 0.15) is 47.7 Å². The lowest BCUT2D eigenvalue weighted by Gasteiger charge is -2.20. The van der Waals surface area contributed by atoms with Crippen molar-refractivity contribution in [1.82, 2.24) is 5.32 Å². The lowest BCUT2D eigenvalue weighted by Crippen LogP contribution is -2.22. The number of hydrogen-bond acceptors (Lipinski definition) is 1. The Labute approximate surface area is 123 Å². The molecule has 2 rings (SSSR count). The third-order valence-corrected chi connectivity index (χ3v) is 3.97. The molecular formula is C19H25N. The Hall–Kier alpha value is -1.60. The predicted octanol–water partition coefficient (Wildman–Crippen LogP) is 4.56. The molecule has 0 radical (unpaired) electrons. The van der Waals surface area contributed by atoms with Crippen LogP contribution in [0.25, 0.3) is 0 Å². The van der Waals surface area contributed by atoms with E-state index in [9.17, 15) is 0 Å². The van der Waals surface area contributed by atoms with Gasteiger partial charge in [0.2, 0.25) is 0 Å². The lowest BCUT2D eigenvalue weighted by molar-refractivity contribution is 0.629. The zero-order valence-electron chi connectivity index (χ0n) is 13.0. The molecule has 0 bridgehead atoms. The van der Waals surface area contributed by atoms with Crippen molar-refractivity contribution in [2.45, 2.75) is 40.2 Å². The van der Waals surface area contributed by atoms with Gasteiger partial charge in [-0.2, -0.15) is 0 Å². The third-order valence-electron chi connectivity index (χ3n) is 3.97. The molecule has 0 spiro atoms. The highest BCUT2D eigenvalue weighted by atomic mass is 14.9. The average molecular weight is 267 g/mol. The maximum atomic E-state index is 3.61. The molecule has 106 valence electrons. The maximum Gasteiger partial charge on any atom is 0.0576 e. The molecular weight excluding hydrogens is 242 g/mol. The molecule has 0 amide bonds. The smallest absolute Gasteiger partial charge is 0.0576 e. The van der Waals surface area contributed by atoms with E-state index in [2.05, 4.69) is 75.5 Å². The van der Waals surface area contributed by atoms with Crippen molar-refractivity contribution in [1.29, 1.82) is 0 Å². The van der Waals surface area contributed by atoms with Gasteiger partial charge in [-0.1, -0.05) is 56.3 Å². The highest BCUT2D eigenvalue weighted by Crippen LogP contribution is 2.25. The Kier molecular flexibility index (Phi) is 4.97. The zero-order valence-corrected chi connectivity index (χ0v) is 13.0. The van der Waals surface area contributed by atoms with Gasteiger partial charge in [0.05, 0.1) is 6.04 Å². The van der Waals surface area contributed by atoms with Crippen LogP contribution < -0.4 is 5.32 Å². The molecule has 0 fully saturated rings. The average Bonchev–Trinajstić information content (AvgIpc) is 2.48. The molecule has 2 aromatic rings. The molecule has 0 aliphatic rings. The molecule has 0 aliphatic heterocycles. The van der Waals surface area contributed by atoms with Gasteiger partial charge in [0.25, 0.3) is 0 Å². The van der Waals surface area contributed by atoms with E-state index in [0.717, 1.165) is 13.0 Å². The van der Waals surface area contributed by atoms with Gasteiger partial charge in [-0.25, -0.2) is 0 Å². The van der Waals surface area contributed by atoms with E-state index in [1.807, 2.05) is 0 Å². The molecule has 1 nitrogen and oxygen atoms in total. The highest BCUT2D eigenvalue weighted by molar-refractivity contribution is 5.38. The van der Waals surface area contributed by atoms with E-state index >= 15 is 0 Å². The Morgan fingerprint density at radius 1 is 0.900 bits per heavy atom. The van der Waals surface area contributed by atoms with E-state index in [1.165, 1.54) is 27.8 Å². The van der Waals surface area contributed by atoms with Crippen molar-refractivity contribution < 1.29 is 0 Å². The van der Waals surface area contributed by atoms with Crippen LogP contribution in [0, 0.1) is 13.8 Å². The Balaban J connectivity index is 2.41. The summed E-state index contributed by atoms with van der Waals surface area (Å²) in [7, 11) is 0. The number of benzene rings is 2. The van der Waals surface area contributed by atoms with Crippen LogP contribution in [0.15, 0.2) is 42.5 Å². The summed E-state index contributed by atoms with van der Waals surface area (Å²) in [5.74, 6) is 0. The van der Waals surface area contributed by atoms with Gasteiger partial charge in [-0.05, 0) is 54.6 Å². The molecule has 0 aliphatic carbocycles. The molecule has 1 heteroatoms. The third kappa shape index (κ3) is 3.29. The Bertz CT molecular complexity index is 572. The van der Waals surface area contributed by atoms with E-state index in [4.69, 9.17) is 0 Å². The largest absolute Gasteiger partial charge is 0.307 e. The normalized spacial score (nSPS) is 12.4. The topological polar surface area (TPSA) is 12.0 Å². The number of hydrogen-bond donors (Lipinski definition) is 1. The molecule has 0 saturated heterocycles. The minimum absolute atomic E-state index is 0.283. The van der Waals surface area contributed by atoms with Crippen molar-refractivity contribution in [3.05, 3.63) is 70.3 Å². The van der Waals surface area contributed by atoms with Gasteiger partial charge >= 0.3 is 0 Å². The van der Waals surface area contributed by atoms with E-state index < -0.39 is 0 Å². The molecule has 20 heavy (non-hydrogen) atoms. The summed E-state index contributed by atoms with van der Waals surface area (Å²) in [6.07, 6.45) is 1.08. The van der Waals surface area contributed by atoms with Crippen LogP contribution in [0.5, 0.6) is 0 Å². The van der Waals surface area contributed by atoms with Crippen molar-refractivity contribution in [3.8, 4) is 0 Å². The van der Waals surface area contributed by atoms with Crippen LogP contribution >= 0.6 is 0 Å². The second-order valence-corrected chi connectivity index (χ2v) is 5.43. The predicted molar refractivity (Wildman–Crippen MR) is 87.3 cm³/mol. The summed E-state index contributed by atoms with van der Waals surface area (Å²) in [5, 5.41) is 3.61. The van der Waals surface area contributed by atoms with E-state index in [1.54, 1.807) is 0 Å². The van der Waals surface area contributed by atoms with Gasteiger partial charge < -0.3 is 5.32 Å². The number of rotatable bonds is 5. The molecule has 2 aromatic carbocycles. The van der Waals surface area contributed by atoms with Crippen LogP contribution in [-0.4, -0.2) is 6.54 Å². The highest BCUT2D eigenvalue weighted by Gasteiger charge is 2.13. The van der Waals surface area contributed by atoms with Gasteiger partial charge in [0.1, 0.15) is 0 Å². The second kappa shape index (κ2) is 6.71. The number of nitrogens with one attached hydrogen (secondary N) is 1. The van der Waals surface area contributed by atoms with Crippen LogP contribution in [0.2, 0.25) is 0 Å².